The molecule has 31 heavy (non-hydrogen) atoms. The molecule has 2 heterocycles. The van der Waals surface area contributed by atoms with Gasteiger partial charge in [-0.15, -0.1) is 11.3 Å². The second-order valence-corrected chi connectivity index (χ2v) is 8.57. The first-order chi connectivity index (χ1) is 15.0. The molecule has 1 N–H and O–H groups in total. The first kappa shape index (κ1) is 22.7. The van der Waals surface area contributed by atoms with E-state index in [1.54, 1.807) is 5.38 Å². The molecule has 0 aliphatic heterocycles. The van der Waals surface area contributed by atoms with Gasteiger partial charge in [-0.2, -0.15) is 0 Å². The summed E-state index contributed by atoms with van der Waals surface area (Å²) in [4.78, 5) is 31.7. The summed E-state index contributed by atoms with van der Waals surface area (Å²) in [6.45, 7) is 7.89. The highest BCUT2D eigenvalue weighted by atomic mass is 32.1. The van der Waals surface area contributed by atoms with Crippen LogP contribution in [0.15, 0.2) is 54.0 Å². The molecular formula is C24H30N4O2S. The van der Waals surface area contributed by atoms with E-state index in [1.807, 2.05) is 67.4 Å². The Morgan fingerprint density at radius 2 is 1.94 bits per heavy atom. The van der Waals surface area contributed by atoms with Crippen molar-refractivity contribution in [1.29, 1.82) is 0 Å². The van der Waals surface area contributed by atoms with Crippen LogP contribution in [0.5, 0.6) is 0 Å². The number of nitrogens with zero attached hydrogens (tertiary/aromatic N) is 3. The van der Waals surface area contributed by atoms with E-state index in [1.165, 1.54) is 11.3 Å². The van der Waals surface area contributed by atoms with E-state index in [-0.39, 0.29) is 17.9 Å². The third-order valence-corrected chi connectivity index (χ3v) is 5.99. The van der Waals surface area contributed by atoms with Crippen LogP contribution in [0, 0.1) is 0 Å². The van der Waals surface area contributed by atoms with E-state index in [0.717, 1.165) is 23.5 Å². The van der Waals surface area contributed by atoms with E-state index in [9.17, 15) is 9.59 Å². The maximum Gasteiger partial charge on any atom is 0.270 e. The average molecular weight is 439 g/mol. The topological polar surface area (TPSA) is 67.2 Å². The van der Waals surface area contributed by atoms with Gasteiger partial charge < -0.3 is 14.8 Å². The van der Waals surface area contributed by atoms with Crippen LogP contribution >= 0.6 is 11.3 Å². The molecule has 1 aromatic carbocycles. The highest BCUT2D eigenvalue weighted by Gasteiger charge is 2.18. The number of aromatic nitrogens is 2. The zero-order valence-electron chi connectivity index (χ0n) is 18.4. The number of nitrogens with one attached hydrogen (secondary N) is 1. The third kappa shape index (κ3) is 6.04. The monoisotopic (exact) mass is 438 g/mol. The molecule has 3 aromatic rings. The number of hydrogen-bond acceptors (Lipinski definition) is 4. The van der Waals surface area contributed by atoms with Crippen molar-refractivity contribution in [2.75, 3.05) is 6.54 Å². The van der Waals surface area contributed by atoms with Crippen molar-refractivity contribution in [1.82, 2.24) is 19.8 Å². The lowest BCUT2D eigenvalue weighted by Gasteiger charge is -2.23. The number of thiazole rings is 1. The Labute approximate surface area is 187 Å². The van der Waals surface area contributed by atoms with Gasteiger partial charge in [0.2, 0.25) is 0 Å². The Morgan fingerprint density at radius 3 is 2.65 bits per heavy atom. The summed E-state index contributed by atoms with van der Waals surface area (Å²) in [5, 5.41) is 5.62. The molecule has 1 atom stereocenters. The summed E-state index contributed by atoms with van der Waals surface area (Å²) in [5.41, 5.74) is 2.20. The van der Waals surface area contributed by atoms with Crippen molar-refractivity contribution in [3.63, 3.8) is 0 Å². The van der Waals surface area contributed by atoms with Crippen LogP contribution in [0.2, 0.25) is 0 Å². The van der Waals surface area contributed by atoms with Crippen molar-refractivity contribution in [3.05, 3.63) is 76.0 Å². The molecule has 0 saturated heterocycles. The SMILES string of the molecule is CCCN(Cc1cccn1Cc1nc(C(=O)NC(C)CC)cs1)C(=O)c1ccccc1. The minimum atomic E-state index is -0.132. The van der Waals surface area contributed by atoms with E-state index in [4.69, 9.17) is 0 Å². The molecule has 0 aliphatic carbocycles. The van der Waals surface area contributed by atoms with Crippen LogP contribution in [0.4, 0.5) is 0 Å². The van der Waals surface area contributed by atoms with E-state index < -0.39 is 0 Å². The average Bonchev–Trinajstić information content (AvgIpc) is 3.43. The van der Waals surface area contributed by atoms with Gasteiger partial charge in [0.05, 0.1) is 13.1 Å². The Morgan fingerprint density at radius 1 is 1.16 bits per heavy atom. The van der Waals surface area contributed by atoms with E-state index in [2.05, 4.69) is 21.8 Å². The molecule has 0 fully saturated rings. The molecule has 164 valence electrons. The molecule has 6 nitrogen and oxygen atoms in total. The summed E-state index contributed by atoms with van der Waals surface area (Å²) in [5.74, 6) is -0.0967. The van der Waals surface area contributed by atoms with E-state index >= 15 is 0 Å². The highest BCUT2D eigenvalue weighted by molar-refractivity contribution is 7.09. The molecule has 7 heteroatoms. The van der Waals surface area contributed by atoms with Crippen molar-refractivity contribution in [2.24, 2.45) is 0 Å². The fourth-order valence-corrected chi connectivity index (χ4v) is 4.03. The Bertz CT molecular complexity index is 996. The standard InChI is InChI=1S/C24H30N4O2S/c1-4-13-28(24(30)19-10-7-6-8-11-19)15-20-12-9-14-27(20)16-22-26-21(17-31-22)23(29)25-18(3)5-2/h6-12,14,17-18H,4-5,13,15-16H2,1-3H3,(H,25,29). The van der Waals surface area contributed by atoms with Crippen molar-refractivity contribution < 1.29 is 9.59 Å². The largest absolute Gasteiger partial charge is 0.348 e. The first-order valence-corrected chi connectivity index (χ1v) is 11.6. The van der Waals surface area contributed by atoms with E-state index in [0.29, 0.717) is 30.9 Å². The van der Waals surface area contributed by atoms with Crippen LogP contribution in [0.1, 0.15) is 65.2 Å². The van der Waals surface area contributed by atoms with Crippen LogP contribution in [0.3, 0.4) is 0 Å². The predicted molar refractivity (Wildman–Crippen MR) is 124 cm³/mol. The van der Waals surface area contributed by atoms with Crippen LogP contribution < -0.4 is 5.32 Å². The van der Waals surface area contributed by atoms with Gasteiger partial charge in [-0.25, -0.2) is 4.98 Å². The zero-order valence-corrected chi connectivity index (χ0v) is 19.2. The van der Waals surface area contributed by atoms with Gasteiger partial charge >= 0.3 is 0 Å². The molecular weight excluding hydrogens is 408 g/mol. The summed E-state index contributed by atoms with van der Waals surface area (Å²) in [6.07, 6.45) is 3.76. The van der Waals surface area contributed by atoms with Crippen LogP contribution in [0.25, 0.3) is 0 Å². The lowest BCUT2D eigenvalue weighted by Crippen LogP contribution is -2.32. The fourth-order valence-electron chi connectivity index (χ4n) is 3.26. The molecule has 0 bridgehead atoms. The van der Waals surface area contributed by atoms with Gasteiger partial charge in [-0.05, 0) is 44.0 Å². The van der Waals surface area contributed by atoms with Crippen molar-refractivity contribution in [3.8, 4) is 0 Å². The maximum absolute atomic E-state index is 13.0. The molecule has 0 saturated carbocycles. The smallest absolute Gasteiger partial charge is 0.270 e. The fraction of sp³-hybridized carbons (Fsp3) is 0.375. The molecule has 2 aromatic heterocycles. The highest BCUT2D eigenvalue weighted by Crippen LogP contribution is 2.16. The first-order valence-electron chi connectivity index (χ1n) is 10.7. The van der Waals surface area contributed by atoms with Gasteiger partial charge in [0.1, 0.15) is 10.7 Å². The molecule has 0 aliphatic rings. The van der Waals surface area contributed by atoms with Crippen LogP contribution in [-0.4, -0.2) is 38.9 Å². The Kier molecular flexibility index (Phi) is 8.00. The molecule has 0 spiro atoms. The molecule has 1 unspecified atom stereocenters. The Balaban J connectivity index is 1.70. The minimum absolute atomic E-state index is 0.0356. The van der Waals surface area contributed by atoms with Gasteiger partial charge in [0.25, 0.3) is 11.8 Å². The number of hydrogen-bond donors (Lipinski definition) is 1. The number of benzene rings is 1. The quantitative estimate of drug-likeness (QED) is 0.504. The van der Waals surface area contributed by atoms with Crippen LogP contribution in [-0.2, 0) is 13.1 Å². The molecule has 0 radical (unpaired) electrons. The number of carbonyl (C=O) groups is 2. The Hall–Kier alpha value is -2.93. The van der Waals surface area contributed by atoms with Crippen molar-refractivity contribution >= 4 is 23.2 Å². The predicted octanol–water partition coefficient (Wildman–Crippen LogP) is 4.57. The summed E-state index contributed by atoms with van der Waals surface area (Å²) in [6, 6.07) is 13.5. The minimum Gasteiger partial charge on any atom is -0.348 e. The number of amides is 2. The second kappa shape index (κ2) is 10.9. The lowest BCUT2D eigenvalue weighted by molar-refractivity contribution is 0.0739. The van der Waals surface area contributed by atoms with Gasteiger partial charge in [-0.1, -0.05) is 32.0 Å². The van der Waals surface area contributed by atoms with Crippen molar-refractivity contribution in [2.45, 2.75) is 52.7 Å². The summed E-state index contributed by atoms with van der Waals surface area (Å²) < 4.78 is 2.09. The van der Waals surface area contributed by atoms with Gasteiger partial charge in [0, 0.05) is 35.4 Å². The molecule has 2 amide bonds. The van der Waals surface area contributed by atoms with Gasteiger partial charge in [-0.3, -0.25) is 9.59 Å². The summed E-state index contributed by atoms with van der Waals surface area (Å²) >= 11 is 1.48. The second-order valence-electron chi connectivity index (χ2n) is 7.63. The zero-order chi connectivity index (χ0) is 22.2. The number of rotatable bonds is 10. The number of carbonyl (C=O) groups excluding carboxylic acids is 2. The molecule has 3 rings (SSSR count). The normalized spacial score (nSPS) is 11.8. The summed E-state index contributed by atoms with van der Waals surface area (Å²) in [7, 11) is 0. The van der Waals surface area contributed by atoms with Gasteiger partial charge in [0.15, 0.2) is 0 Å². The maximum atomic E-state index is 13.0. The lowest BCUT2D eigenvalue weighted by atomic mass is 10.2. The third-order valence-electron chi connectivity index (χ3n) is 5.16.